The molecule has 4 nitrogen and oxygen atoms in total. The van der Waals surface area contributed by atoms with Crippen LogP contribution in [0.1, 0.15) is 44.0 Å². The van der Waals surface area contributed by atoms with Crippen LogP contribution in [0.3, 0.4) is 0 Å². The molecule has 102 valence electrons. The van der Waals surface area contributed by atoms with Gasteiger partial charge in [-0.15, -0.1) is 11.3 Å². The SMILES string of the molecule is CCC(O)CCNC(=O)NC(CC)c1cccs1. The van der Waals surface area contributed by atoms with E-state index in [-0.39, 0.29) is 18.2 Å². The summed E-state index contributed by atoms with van der Waals surface area (Å²) in [6.07, 6.45) is 1.85. The van der Waals surface area contributed by atoms with Crippen LogP contribution in [0.15, 0.2) is 17.5 Å². The minimum Gasteiger partial charge on any atom is -0.393 e. The number of rotatable bonds is 7. The number of urea groups is 1. The van der Waals surface area contributed by atoms with Crippen LogP contribution in [0.5, 0.6) is 0 Å². The minimum atomic E-state index is -0.329. The average molecular weight is 270 g/mol. The molecular formula is C13H22N2O2S. The number of nitrogens with one attached hydrogen (secondary N) is 2. The molecule has 1 rings (SSSR count). The maximum atomic E-state index is 11.7. The summed E-state index contributed by atoms with van der Waals surface area (Å²) in [5.41, 5.74) is 0. The van der Waals surface area contributed by atoms with Gasteiger partial charge in [-0.3, -0.25) is 0 Å². The number of hydrogen-bond acceptors (Lipinski definition) is 3. The highest BCUT2D eigenvalue weighted by Crippen LogP contribution is 2.21. The molecule has 2 atom stereocenters. The summed E-state index contributed by atoms with van der Waals surface area (Å²) < 4.78 is 0. The number of aliphatic hydroxyl groups is 1. The van der Waals surface area contributed by atoms with Crippen LogP contribution in [-0.2, 0) is 0 Å². The molecule has 0 aliphatic heterocycles. The highest BCUT2D eigenvalue weighted by molar-refractivity contribution is 7.10. The molecular weight excluding hydrogens is 248 g/mol. The Hall–Kier alpha value is -1.07. The summed E-state index contributed by atoms with van der Waals surface area (Å²) in [7, 11) is 0. The van der Waals surface area contributed by atoms with Crippen LogP contribution in [-0.4, -0.2) is 23.8 Å². The highest BCUT2D eigenvalue weighted by Gasteiger charge is 2.13. The molecule has 1 heterocycles. The molecule has 18 heavy (non-hydrogen) atoms. The summed E-state index contributed by atoms with van der Waals surface area (Å²) in [5.74, 6) is 0. The lowest BCUT2D eigenvalue weighted by molar-refractivity contribution is 0.160. The standard InChI is InChI=1S/C13H22N2O2S/c1-3-10(16)7-8-14-13(17)15-11(4-2)12-6-5-9-18-12/h5-6,9-11,16H,3-4,7-8H2,1-2H3,(H2,14,15,17). The van der Waals surface area contributed by atoms with E-state index in [2.05, 4.69) is 10.6 Å². The molecule has 2 unspecified atom stereocenters. The largest absolute Gasteiger partial charge is 0.393 e. The van der Waals surface area contributed by atoms with Crippen molar-refractivity contribution in [1.82, 2.24) is 10.6 Å². The topological polar surface area (TPSA) is 61.4 Å². The van der Waals surface area contributed by atoms with E-state index >= 15 is 0 Å². The Morgan fingerprint density at radius 2 is 2.22 bits per heavy atom. The van der Waals surface area contributed by atoms with Crippen LogP contribution in [0.4, 0.5) is 4.79 Å². The first-order valence-corrected chi connectivity index (χ1v) is 7.31. The van der Waals surface area contributed by atoms with Gasteiger partial charge < -0.3 is 15.7 Å². The maximum Gasteiger partial charge on any atom is 0.315 e. The Labute approximate surface area is 112 Å². The number of carbonyl (C=O) groups is 1. The van der Waals surface area contributed by atoms with Crippen LogP contribution in [0.25, 0.3) is 0 Å². The van der Waals surface area contributed by atoms with Gasteiger partial charge in [0.05, 0.1) is 12.1 Å². The fraction of sp³-hybridized carbons (Fsp3) is 0.615. The van der Waals surface area contributed by atoms with Gasteiger partial charge in [-0.25, -0.2) is 4.79 Å². The molecule has 0 aromatic carbocycles. The van der Waals surface area contributed by atoms with Crippen molar-refractivity contribution in [2.24, 2.45) is 0 Å². The van der Waals surface area contributed by atoms with Crippen molar-refractivity contribution >= 4 is 17.4 Å². The van der Waals surface area contributed by atoms with E-state index in [1.54, 1.807) is 11.3 Å². The molecule has 1 aromatic heterocycles. The van der Waals surface area contributed by atoms with Gasteiger partial charge in [0.25, 0.3) is 0 Å². The zero-order chi connectivity index (χ0) is 13.4. The van der Waals surface area contributed by atoms with Crippen LogP contribution >= 0.6 is 11.3 Å². The molecule has 0 saturated heterocycles. The lowest BCUT2D eigenvalue weighted by Gasteiger charge is -2.16. The minimum absolute atomic E-state index is 0.0705. The third-order valence-corrected chi connectivity index (χ3v) is 3.82. The van der Waals surface area contributed by atoms with E-state index in [9.17, 15) is 9.90 Å². The van der Waals surface area contributed by atoms with E-state index in [4.69, 9.17) is 0 Å². The highest BCUT2D eigenvalue weighted by atomic mass is 32.1. The molecule has 0 fully saturated rings. The number of hydrogen-bond donors (Lipinski definition) is 3. The van der Waals surface area contributed by atoms with E-state index in [1.807, 2.05) is 31.4 Å². The average Bonchev–Trinajstić information content (AvgIpc) is 2.89. The number of amides is 2. The third-order valence-electron chi connectivity index (χ3n) is 2.83. The summed E-state index contributed by atoms with van der Waals surface area (Å²) in [6, 6.07) is 3.92. The Morgan fingerprint density at radius 3 is 2.78 bits per heavy atom. The van der Waals surface area contributed by atoms with Crippen molar-refractivity contribution in [3.63, 3.8) is 0 Å². The second-order valence-corrected chi connectivity index (χ2v) is 5.21. The second kappa shape index (κ2) is 8.11. The van der Waals surface area contributed by atoms with Crippen molar-refractivity contribution in [3.8, 4) is 0 Å². The van der Waals surface area contributed by atoms with Gasteiger partial charge in [-0.2, -0.15) is 0 Å². The molecule has 0 radical (unpaired) electrons. The summed E-state index contributed by atoms with van der Waals surface area (Å²) >= 11 is 1.65. The predicted octanol–water partition coefficient (Wildman–Crippen LogP) is 2.66. The van der Waals surface area contributed by atoms with Crippen LogP contribution < -0.4 is 10.6 Å². The smallest absolute Gasteiger partial charge is 0.315 e. The zero-order valence-electron chi connectivity index (χ0n) is 11.0. The van der Waals surface area contributed by atoms with Crippen LogP contribution in [0, 0.1) is 0 Å². The summed E-state index contributed by atoms with van der Waals surface area (Å²) in [4.78, 5) is 12.8. The fourth-order valence-electron chi connectivity index (χ4n) is 1.63. The van der Waals surface area contributed by atoms with Crippen molar-refractivity contribution < 1.29 is 9.90 Å². The van der Waals surface area contributed by atoms with Gasteiger partial charge in [-0.05, 0) is 30.7 Å². The first-order chi connectivity index (χ1) is 8.67. The number of thiophene rings is 1. The molecule has 1 aromatic rings. The van der Waals surface area contributed by atoms with Crippen LogP contribution in [0.2, 0.25) is 0 Å². The summed E-state index contributed by atoms with van der Waals surface area (Å²) in [5, 5.41) is 17.1. The van der Waals surface area contributed by atoms with Gasteiger partial charge in [-0.1, -0.05) is 19.9 Å². The Bertz CT molecular complexity index is 341. The normalized spacial score (nSPS) is 13.9. The predicted molar refractivity (Wildman–Crippen MR) is 74.8 cm³/mol. The van der Waals surface area contributed by atoms with E-state index in [0.29, 0.717) is 13.0 Å². The molecule has 0 spiro atoms. The van der Waals surface area contributed by atoms with Gasteiger partial charge in [0.1, 0.15) is 0 Å². The fourth-order valence-corrected chi connectivity index (χ4v) is 2.49. The molecule has 3 N–H and O–H groups in total. The maximum absolute atomic E-state index is 11.7. The number of aliphatic hydroxyl groups excluding tert-OH is 1. The first-order valence-electron chi connectivity index (χ1n) is 6.43. The molecule has 5 heteroatoms. The van der Waals surface area contributed by atoms with Crippen molar-refractivity contribution in [1.29, 1.82) is 0 Å². The lowest BCUT2D eigenvalue weighted by Crippen LogP contribution is -2.38. The molecule has 0 aliphatic rings. The Morgan fingerprint density at radius 1 is 1.44 bits per heavy atom. The number of carbonyl (C=O) groups excluding carboxylic acids is 1. The Balaban J connectivity index is 2.30. The van der Waals surface area contributed by atoms with Gasteiger partial charge in [0, 0.05) is 11.4 Å². The Kier molecular flexibility index (Phi) is 6.75. The van der Waals surface area contributed by atoms with Crippen molar-refractivity contribution in [2.45, 2.75) is 45.3 Å². The lowest BCUT2D eigenvalue weighted by atomic mass is 10.2. The monoisotopic (exact) mass is 270 g/mol. The van der Waals surface area contributed by atoms with Crippen molar-refractivity contribution in [3.05, 3.63) is 22.4 Å². The van der Waals surface area contributed by atoms with E-state index in [1.165, 1.54) is 4.88 Å². The molecule has 0 bridgehead atoms. The zero-order valence-corrected chi connectivity index (χ0v) is 11.8. The molecule has 0 saturated carbocycles. The van der Waals surface area contributed by atoms with Crippen molar-refractivity contribution in [2.75, 3.05) is 6.54 Å². The quantitative estimate of drug-likeness (QED) is 0.713. The first kappa shape index (κ1) is 15.0. The molecule has 0 aliphatic carbocycles. The molecule has 2 amide bonds. The summed E-state index contributed by atoms with van der Waals surface area (Å²) in [6.45, 7) is 4.47. The van der Waals surface area contributed by atoms with E-state index < -0.39 is 0 Å². The van der Waals surface area contributed by atoms with Gasteiger partial charge in [0.15, 0.2) is 0 Å². The van der Waals surface area contributed by atoms with Gasteiger partial charge >= 0.3 is 6.03 Å². The second-order valence-electron chi connectivity index (χ2n) is 4.23. The third kappa shape index (κ3) is 5.06. The van der Waals surface area contributed by atoms with Gasteiger partial charge in [0.2, 0.25) is 0 Å². The van der Waals surface area contributed by atoms with E-state index in [0.717, 1.165) is 12.8 Å².